The lowest BCUT2D eigenvalue weighted by molar-refractivity contribution is 0.600. The van der Waals surface area contributed by atoms with Gasteiger partial charge >= 0.3 is 0 Å². The second-order valence-electron chi connectivity index (χ2n) is 5.68. The van der Waals surface area contributed by atoms with Crippen molar-refractivity contribution in [1.29, 1.82) is 0 Å². The molecule has 2 aromatic rings. The normalized spacial score (nSPS) is 22.1. The van der Waals surface area contributed by atoms with Crippen LogP contribution in [0.2, 0.25) is 0 Å². The fraction of sp³-hybridized carbons (Fsp3) is 0.562. The van der Waals surface area contributed by atoms with Crippen LogP contribution in [0.25, 0.3) is 11.0 Å². The summed E-state index contributed by atoms with van der Waals surface area (Å²) in [6.45, 7) is 4.42. The van der Waals surface area contributed by atoms with E-state index < -0.39 is 0 Å². The molecule has 0 spiro atoms. The average molecular weight is 277 g/mol. The topological polar surface area (TPSA) is 17.8 Å². The van der Waals surface area contributed by atoms with E-state index in [0.717, 1.165) is 17.9 Å². The second-order valence-corrected chi connectivity index (χ2v) is 6.06. The highest BCUT2D eigenvalue weighted by molar-refractivity contribution is 6.17. The Morgan fingerprint density at radius 3 is 3.00 bits per heavy atom. The maximum Gasteiger partial charge on any atom is 0.111 e. The fourth-order valence-corrected chi connectivity index (χ4v) is 3.28. The molecule has 0 N–H and O–H groups in total. The molecule has 1 aromatic heterocycles. The Hall–Kier alpha value is -1.02. The summed E-state index contributed by atoms with van der Waals surface area (Å²) in [6.07, 6.45) is 4.78. The number of alkyl halides is 1. The summed E-state index contributed by atoms with van der Waals surface area (Å²) in [4.78, 5) is 4.78. The summed E-state index contributed by atoms with van der Waals surface area (Å²) < 4.78 is 2.46. The molecule has 3 heteroatoms. The van der Waals surface area contributed by atoms with Crippen LogP contribution < -0.4 is 0 Å². The quantitative estimate of drug-likeness (QED) is 0.736. The molecular weight excluding hydrogens is 256 g/mol. The molecule has 0 aliphatic heterocycles. The van der Waals surface area contributed by atoms with E-state index in [4.69, 9.17) is 16.6 Å². The van der Waals surface area contributed by atoms with E-state index in [9.17, 15) is 0 Å². The summed E-state index contributed by atoms with van der Waals surface area (Å²) in [5.74, 6) is 2.66. The first-order valence-electron chi connectivity index (χ1n) is 7.28. The largest absolute Gasteiger partial charge is 0.325 e. The number of aromatic nitrogens is 2. The van der Waals surface area contributed by atoms with Gasteiger partial charge in [-0.25, -0.2) is 4.98 Å². The first-order chi connectivity index (χ1) is 9.24. The van der Waals surface area contributed by atoms with E-state index in [1.54, 1.807) is 0 Å². The van der Waals surface area contributed by atoms with E-state index in [2.05, 4.69) is 36.6 Å². The van der Waals surface area contributed by atoms with Crippen LogP contribution in [0.3, 0.4) is 0 Å². The molecule has 0 bridgehead atoms. The number of halogens is 1. The van der Waals surface area contributed by atoms with Gasteiger partial charge in [0, 0.05) is 18.3 Å². The van der Waals surface area contributed by atoms with Crippen molar-refractivity contribution in [3.63, 3.8) is 0 Å². The Morgan fingerprint density at radius 1 is 1.42 bits per heavy atom. The van der Waals surface area contributed by atoms with E-state index in [1.165, 1.54) is 36.2 Å². The predicted molar refractivity (Wildman–Crippen MR) is 80.9 cm³/mol. The molecular formula is C16H21ClN2. The lowest BCUT2D eigenvalue weighted by Gasteiger charge is -2.08. The van der Waals surface area contributed by atoms with Gasteiger partial charge in [0.2, 0.25) is 0 Å². The molecule has 0 amide bonds. The highest BCUT2D eigenvalue weighted by Crippen LogP contribution is 2.48. The van der Waals surface area contributed by atoms with Crippen LogP contribution in [0.4, 0.5) is 0 Å². The number of hydrogen-bond donors (Lipinski definition) is 0. The molecule has 3 rings (SSSR count). The van der Waals surface area contributed by atoms with Gasteiger partial charge in [0.05, 0.1) is 11.0 Å². The van der Waals surface area contributed by atoms with Crippen molar-refractivity contribution in [3.8, 4) is 0 Å². The van der Waals surface area contributed by atoms with Gasteiger partial charge in [-0.2, -0.15) is 0 Å². The Morgan fingerprint density at radius 2 is 2.26 bits per heavy atom. The summed E-state index contributed by atoms with van der Waals surface area (Å²) >= 11 is 5.94. The van der Waals surface area contributed by atoms with Crippen LogP contribution in [0, 0.1) is 12.8 Å². The molecule has 1 saturated carbocycles. The van der Waals surface area contributed by atoms with Gasteiger partial charge in [-0.3, -0.25) is 0 Å². The van der Waals surface area contributed by atoms with Gasteiger partial charge in [-0.15, -0.1) is 11.6 Å². The third-order valence-electron chi connectivity index (χ3n) is 4.11. The Labute approximate surface area is 119 Å². The fourth-order valence-electron chi connectivity index (χ4n) is 3.11. The zero-order valence-electron chi connectivity index (χ0n) is 11.7. The van der Waals surface area contributed by atoms with Gasteiger partial charge in [0.25, 0.3) is 0 Å². The van der Waals surface area contributed by atoms with Crippen molar-refractivity contribution < 1.29 is 0 Å². The van der Waals surface area contributed by atoms with E-state index in [-0.39, 0.29) is 0 Å². The molecule has 1 aliphatic rings. The van der Waals surface area contributed by atoms with Gasteiger partial charge in [0.15, 0.2) is 0 Å². The van der Waals surface area contributed by atoms with Crippen molar-refractivity contribution in [2.45, 2.75) is 45.6 Å². The van der Waals surface area contributed by atoms with Gasteiger partial charge in [-0.05, 0) is 43.4 Å². The minimum atomic E-state index is 0.646. The highest BCUT2D eigenvalue weighted by Gasteiger charge is 2.39. The first kappa shape index (κ1) is 13.0. The van der Waals surface area contributed by atoms with Crippen molar-refractivity contribution in [2.75, 3.05) is 5.88 Å². The highest BCUT2D eigenvalue weighted by atomic mass is 35.5. The number of aryl methyl sites for hydroxylation is 2. The molecule has 1 aromatic carbocycles. The smallest absolute Gasteiger partial charge is 0.111 e. The third kappa shape index (κ3) is 2.38. The van der Waals surface area contributed by atoms with Crippen molar-refractivity contribution in [1.82, 2.24) is 9.55 Å². The SMILES string of the molecule is CCCC1CC1n1c(CCCl)nc2ccc(C)cc21. The van der Waals surface area contributed by atoms with Crippen molar-refractivity contribution in [2.24, 2.45) is 5.92 Å². The molecule has 2 unspecified atom stereocenters. The number of fused-ring (bicyclic) bond motifs is 1. The molecule has 0 saturated heterocycles. The third-order valence-corrected chi connectivity index (χ3v) is 4.30. The zero-order chi connectivity index (χ0) is 13.4. The van der Waals surface area contributed by atoms with Crippen LogP contribution in [0.5, 0.6) is 0 Å². The van der Waals surface area contributed by atoms with Gasteiger partial charge in [-0.1, -0.05) is 19.4 Å². The zero-order valence-corrected chi connectivity index (χ0v) is 12.5. The van der Waals surface area contributed by atoms with Crippen LogP contribution >= 0.6 is 11.6 Å². The summed E-state index contributed by atoms with van der Waals surface area (Å²) in [5, 5.41) is 0. The number of nitrogens with zero attached hydrogens (tertiary/aromatic N) is 2. The number of rotatable bonds is 5. The molecule has 2 nitrogen and oxygen atoms in total. The predicted octanol–water partition coefficient (Wildman–Crippen LogP) is 4.49. The maximum absolute atomic E-state index is 5.94. The number of benzene rings is 1. The van der Waals surface area contributed by atoms with Crippen LogP contribution in [0.1, 0.15) is 43.6 Å². The van der Waals surface area contributed by atoms with Gasteiger partial charge in [0.1, 0.15) is 5.82 Å². The Bertz CT molecular complexity index is 588. The van der Waals surface area contributed by atoms with Crippen LogP contribution in [0.15, 0.2) is 18.2 Å². The lowest BCUT2D eigenvalue weighted by Crippen LogP contribution is -2.04. The minimum absolute atomic E-state index is 0.646. The molecule has 0 radical (unpaired) electrons. The van der Waals surface area contributed by atoms with Crippen LogP contribution in [-0.2, 0) is 6.42 Å². The van der Waals surface area contributed by atoms with E-state index in [1.807, 2.05) is 0 Å². The molecule has 19 heavy (non-hydrogen) atoms. The summed E-state index contributed by atoms with van der Waals surface area (Å²) in [6, 6.07) is 7.20. The van der Waals surface area contributed by atoms with Crippen molar-refractivity contribution in [3.05, 3.63) is 29.6 Å². The number of hydrogen-bond acceptors (Lipinski definition) is 1. The van der Waals surface area contributed by atoms with E-state index >= 15 is 0 Å². The molecule has 1 heterocycles. The van der Waals surface area contributed by atoms with Crippen molar-refractivity contribution >= 4 is 22.6 Å². The van der Waals surface area contributed by atoms with Gasteiger partial charge < -0.3 is 4.57 Å². The average Bonchev–Trinajstić information content (AvgIpc) is 3.03. The molecule has 1 aliphatic carbocycles. The molecule has 2 atom stereocenters. The van der Waals surface area contributed by atoms with Crippen LogP contribution in [-0.4, -0.2) is 15.4 Å². The first-order valence-corrected chi connectivity index (χ1v) is 7.81. The second kappa shape index (κ2) is 5.16. The summed E-state index contributed by atoms with van der Waals surface area (Å²) in [7, 11) is 0. The Balaban J connectivity index is 2.04. The maximum atomic E-state index is 5.94. The molecule has 102 valence electrons. The Kier molecular flexibility index (Phi) is 3.53. The minimum Gasteiger partial charge on any atom is -0.325 e. The van der Waals surface area contributed by atoms with E-state index in [0.29, 0.717) is 11.9 Å². The standard InChI is InChI=1S/C16H21ClN2/c1-3-4-12-10-14(12)19-15-9-11(2)5-6-13(15)18-16(19)7-8-17/h5-6,9,12,14H,3-4,7-8,10H2,1-2H3. The number of imidazole rings is 1. The lowest BCUT2D eigenvalue weighted by atomic mass is 10.2. The molecule has 1 fully saturated rings. The summed E-state index contributed by atoms with van der Waals surface area (Å²) in [5.41, 5.74) is 3.72. The monoisotopic (exact) mass is 276 g/mol.